The zero-order chi connectivity index (χ0) is 13.0. The van der Waals surface area contributed by atoms with Crippen LogP contribution in [0.2, 0.25) is 0 Å². The van der Waals surface area contributed by atoms with Crippen molar-refractivity contribution >= 4 is 5.82 Å². The molecule has 1 aliphatic rings. The Morgan fingerprint density at radius 1 is 1.33 bits per heavy atom. The van der Waals surface area contributed by atoms with E-state index < -0.39 is 0 Å². The van der Waals surface area contributed by atoms with Crippen LogP contribution in [-0.4, -0.2) is 43.3 Å². The van der Waals surface area contributed by atoms with Gasteiger partial charge >= 0.3 is 0 Å². The van der Waals surface area contributed by atoms with Crippen LogP contribution in [0, 0.1) is 6.92 Å². The summed E-state index contributed by atoms with van der Waals surface area (Å²) in [6.07, 6.45) is 3.58. The van der Waals surface area contributed by atoms with Crippen molar-refractivity contribution in [2.24, 2.45) is 0 Å². The first-order valence-corrected chi connectivity index (χ1v) is 6.54. The zero-order valence-electron chi connectivity index (χ0n) is 11.4. The standard InChI is InChI=1S/C13H22N4O/c1-10-15-12(9-13(16-10)18-3)17(2)11-5-4-7-14-8-6-11/h9,11,14H,4-8H2,1-3H3. The summed E-state index contributed by atoms with van der Waals surface area (Å²) in [6.45, 7) is 4.10. The SMILES string of the molecule is COc1cc(N(C)C2CCCNCC2)nc(C)n1. The van der Waals surface area contributed by atoms with Crippen LogP contribution >= 0.6 is 0 Å². The van der Waals surface area contributed by atoms with Gasteiger partial charge in [0.2, 0.25) is 5.88 Å². The van der Waals surface area contributed by atoms with Crippen LogP contribution in [0.5, 0.6) is 5.88 Å². The highest BCUT2D eigenvalue weighted by molar-refractivity contribution is 5.42. The lowest BCUT2D eigenvalue weighted by Crippen LogP contribution is -2.33. The van der Waals surface area contributed by atoms with Crippen molar-refractivity contribution in [2.45, 2.75) is 32.2 Å². The normalized spacial score (nSPS) is 20.3. The van der Waals surface area contributed by atoms with Crippen LogP contribution in [0.25, 0.3) is 0 Å². The van der Waals surface area contributed by atoms with Crippen LogP contribution < -0.4 is 15.0 Å². The second-order valence-electron chi connectivity index (χ2n) is 4.76. The van der Waals surface area contributed by atoms with E-state index in [1.807, 2.05) is 13.0 Å². The number of anilines is 1. The van der Waals surface area contributed by atoms with Gasteiger partial charge in [-0.15, -0.1) is 0 Å². The summed E-state index contributed by atoms with van der Waals surface area (Å²) in [6, 6.07) is 2.45. The van der Waals surface area contributed by atoms with E-state index in [2.05, 4.69) is 27.2 Å². The van der Waals surface area contributed by atoms with Gasteiger partial charge in [-0.25, -0.2) is 4.98 Å². The third-order valence-corrected chi connectivity index (χ3v) is 3.46. The largest absolute Gasteiger partial charge is 0.481 e. The number of nitrogens with zero attached hydrogens (tertiary/aromatic N) is 3. The van der Waals surface area contributed by atoms with E-state index in [9.17, 15) is 0 Å². The molecule has 1 saturated heterocycles. The molecule has 1 aromatic heterocycles. The lowest BCUT2D eigenvalue weighted by molar-refractivity contribution is 0.395. The van der Waals surface area contributed by atoms with Gasteiger partial charge in [-0.3, -0.25) is 0 Å². The van der Waals surface area contributed by atoms with Crippen LogP contribution in [0.15, 0.2) is 6.07 Å². The summed E-state index contributed by atoms with van der Waals surface area (Å²) in [4.78, 5) is 11.0. The van der Waals surface area contributed by atoms with E-state index in [4.69, 9.17) is 4.74 Å². The van der Waals surface area contributed by atoms with E-state index >= 15 is 0 Å². The van der Waals surface area contributed by atoms with Crippen molar-refractivity contribution < 1.29 is 4.74 Å². The molecule has 1 aromatic rings. The van der Waals surface area contributed by atoms with Gasteiger partial charge in [0.05, 0.1) is 7.11 Å². The van der Waals surface area contributed by atoms with Crippen molar-refractivity contribution in [1.82, 2.24) is 15.3 Å². The Morgan fingerprint density at radius 2 is 2.17 bits per heavy atom. The molecular weight excluding hydrogens is 228 g/mol. The van der Waals surface area contributed by atoms with Gasteiger partial charge in [0.25, 0.3) is 0 Å². The van der Waals surface area contributed by atoms with Gasteiger partial charge in [0, 0.05) is 19.2 Å². The highest BCUT2D eigenvalue weighted by Gasteiger charge is 2.18. The number of hydrogen-bond donors (Lipinski definition) is 1. The quantitative estimate of drug-likeness (QED) is 0.878. The predicted molar refractivity (Wildman–Crippen MR) is 72.2 cm³/mol. The highest BCUT2D eigenvalue weighted by Crippen LogP contribution is 2.21. The Morgan fingerprint density at radius 3 is 2.94 bits per heavy atom. The summed E-state index contributed by atoms with van der Waals surface area (Å²) < 4.78 is 5.21. The van der Waals surface area contributed by atoms with Crippen LogP contribution in [0.1, 0.15) is 25.1 Å². The molecule has 0 amide bonds. The molecule has 0 radical (unpaired) electrons. The van der Waals surface area contributed by atoms with Gasteiger partial charge < -0.3 is 15.0 Å². The Balaban J connectivity index is 2.15. The third kappa shape index (κ3) is 3.10. The topological polar surface area (TPSA) is 50.3 Å². The van der Waals surface area contributed by atoms with E-state index in [-0.39, 0.29) is 0 Å². The maximum Gasteiger partial charge on any atom is 0.218 e. The first-order chi connectivity index (χ1) is 8.70. The van der Waals surface area contributed by atoms with E-state index in [1.165, 1.54) is 12.8 Å². The lowest BCUT2D eigenvalue weighted by atomic mass is 10.1. The zero-order valence-corrected chi connectivity index (χ0v) is 11.4. The molecule has 1 atom stereocenters. The van der Waals surface area contributed by atoms with Crippen LogP contribution in [-0.2, 0) is 0 Å². The molecule has 0 spiro atoms. The minimum atomic E-state index is 0.541. The molecule has 0 bridgehead atoms. The molecule has 0 aromatic carbocycles. The second kappa shape index (κ2) is 6.00. The molecule has 18 heavy (non-hydrogen) atoms. The number of aromatic nitrogens is 2. The Bertz CT molecular complexity index is 389. The number of nitrogens with one attached hydrogen (secondary N) is 1. The molecule has 0 saturated carbocycles. The molecule has 1 fully saturated rings. The van der Waals surface area contributed by atoms with Gasteiger partial charge in [0.1, 0.15) is 11.6 Å². The number of hydrogen-bond acceptors (Lipinski definition) is 5. The molecular formula is C13H22N4O. The summed E-state index contributed by atoms with van der Waals surface area (Å²) in [7, 11) is 3.75. The first-order valence-electron chi connectivity index (χ1n) is 6.54. The number of ether oxygens (including phenoxy) is 1. The van der Waals surface area contributed by atoms with Gasteiger partial charge in [0.15, 0.2) is 0 Å². The summed E-state index contributed by atoms with van der Waals surface area (Å²) in [5.74, 6) is 2.34. The third-order valence-electron chi connectivity index (χ3n) is 3.46. The number of methoxy groups -OCH3 is 1. The molecule has 2 heterocycles. The molecule has 5 heteroatoms. The van der Waals surface area contributed by atoms with Crippen LogP contribution in [0.4, 0.5) is 5.82 Å². The van der Waals surface area contributed by atoms with Gasteiger partial charge in [-0.05, 0) is 39.3 Å². The first kappa shape index (κ1) is 13.1. The fourth-order valence-corrected chi connectivity index (χ4v) is 2.39. The monoisotopic (exact) mass is 250 g/mol. The molecule has 0 aliphatic carbocycles. The maximum absolute atomic E-state index is 5.21. The fourth-order valence-electron chi connectivity index (χ4n) is 2.39. The molecule has 1 aliphatic heterocycles. The fraction of sp³-hybridized carbons (Fsp3) is 0.692. The van der Waals surface area contributed by atoms with E-state index in [0.717, 1.165) is 31.2 Å². The summed E-state index contributed by atoms with van der Waals surface area (Å²) in [5, 5.41) is 3.43. The lowest BCUT2D eigenvalue weighted by Gasteiger charge is -2.28. The Hall–Kier alpha value is -1.36. The molecule has 5 nitrogen and oxygen atoms in total. The average Bonchev–Trinajstić information content (AvgIpc) is 2.65. The maximum atomic E-state index is 5.21. The molecule has 1 N–H and O–H groups in total. The van der Waals surface area contributed by atoms with E-state index in [0.29, 0.717) is 11.9 Å². The Labute approximate surface area is 109 Å². The molecule has 1 unspecified atom stereocenters. The van der Waals surface area contributed by atoms with Gasteiger partial charge in [-0.2, -0.15) is 4.98 Å². The summed E-state index contributed by atoms with van der Waals surface area (Å²) >= 11 is 0. The minimum absolute atomic E-state index is 0.541. The highest BCUT2D eigenvalue weighted by atomic mass is 16.5. The average molecular weight is 250 g/mol. The van der Waals surface area contributed by atoms with Gasteiger partial charge in [-0.1, -0.05) is 0 Å². The van der Waals surface area contributed by atoms with Crippen molar-refractivity contribution in [2.75, 3.05) is 32.1 Å². The minimum Gasteiger partial charge on any atom is -0.481 e. The van der Waals surface area contributed by atoms with Crippen LogP contribution in [0.3, 0.4) is 0 Å². The number of aryl methyl sites for hydroxylation is 1. The molecule has 100 valence electrons. The van der Waals surface area contributed by atoms with Crippen molar-refractivity contribution in [1.29, 1.82) is 0 Å². The number of rotatable bonds is 3. The smallest absolute Gasteiger partial charge is 0.218 e. The van der Waals surface area contributed by atoms with Crippen molar-refractivity contribution in [3.63, 3.8) is 0 Å². The Kier molecular flexibility index (Phi) is 4.36. The molecule has 2 rings (SSSR count). The van der Waals surface area contributed by atoms with Crippen molar-refractivity contribution in [3.8, 4) is 5.88 Å². The predicted octanol–water partition coefficient (Wildman–Crippen LogP) is 1.37. The second-order valence-corrected chi connectivity index (χ2v) is 4.76. The van der Waals surface area contributed by atoms with E-state index in [1.54, 1.807) is 7.11 Å². The van der Waals surface area contributed by atoms with Crippen molar-refractivity contribution in [3.05, 3.63) is 11.9 Å². The summed E-state index contributed by atoms with van der Waals surface area (Å²) in [5.41, 5.74) is 0.